The molecule has 0 saturated carbocycles. The standard InChI is InChI=1S/C26H34N2O6/c1-25(32)12-10-19-4-9-22(33-2)18-23(19)34-26(25,24(30)31)11-3-13-27-14-16-28(17-15-27)20-5-7-21(29)8-6-20/h4-9,18,29,32H,3,10-17H2,1-2H3,(H,30,31). The van der Waals surface area contributed by atoms with Crippen molar-refractivity contribution in [2.24, 2.45) is 0 Å². The minimum Gasteiger partial charge on any atom is -0.508 e. The lowest BCUT2D eigenvalue weighted by molar-refractivity contribution is -0.184. The second kappa shape index (κ2) is 9.72. The summed E-state index contributed by atoms with van der Waals surface area (Å²) < 4.78 is 11.5. The van der Waals surface area contributed by atoms with Gasteiger partial charge in [-0.25, -0.2) is 4.79 Å². The minimum absolute atomic E-state index is 0.199. The predicted molar refractivity (Wildman–Crippen MR) is 129 cm³/mol. The number of fused-ring (bicyclic) bond motifs is 1. The molecule has 8 nitrogen and oxygen atoms in total. The summed E-state index contributed by atoms with van der Waals surface area (Å²) in [5, 5.41) is 31.0. The van der Waals surface area contributed by atoms with Gasteiger partial charge in [-0.3, -0.25) is 4.90 Å². The van der Waals surface area contributed by atoms with Crippen LogP contribution in [0.5, 0.6) is 17.2 Å². The molecule has 1 fully saturated rings. The third kappa shape index (κ3) is 4.79. The zero-order valence-electron chi connectivity index (χ0n) is 19.9. The molecular weight excluding hydrogens is 436 g/mol. The van der Waals surface area contributed by atoms with Crippen LogP contribution in [-0.2, 0) is 11.2 Å². The molecule has 2 aromatic rings. The Morgan fingerprint density at radius 2 is 1.82 bits per heavy atom. The van der Waals surface area contributed by atoms with Gasteiger partial charge in [-0.2, -0.15) is 0 Å². The van der Waals surface area contributed by atoms with Crippen LogP contribution in [0.25, 0.3) is 0 Å². The Labute approximate surface area is 200 Å². The van der Waals surface area contributed by atoms with Gasteiger partial charge in [0.1, 0.15) is 22.8 Å². The summed E-state index contributed by atoms with van der Waals surface area (Å²) in [6, 6.07) is 12.6. The molecule has 34 heavy (non-hydrogen) atoms. The molecule has 0 amide bonds. The number of hydrogen-bond acceptors (Lipinski definition) is 7. The number of hydrogen-bond donors (Lipinski definition) is 3. The van der Waals surface area contributed by atoms with E-state index in [0.717, 1.165) is 44.0 Å². The maximum atomic E-state index is 12.6. The first-order valence-electron chi connectivity index (χ1n) is 11.8. The molecule has 2 atom stereocenters. The number of phenolic OH excluding ortho intramolecular Hbond substituents is 1. The Hall–Kier alpha value is -2.97. The number of carbonyl (C=O) groups is 1. The van der Waals surface area contributed by atoms with Crippen molar-refractivity contribution < 1.29 is 29.6 Å². The van der Waals surface area contributed by atoms with Gasteiger partial charge in [0, 0.05) is 44.4 Å². The van der Waals surface area contributed by atoms with Crippen molar-refractivity contribution in [2.75, 3.05) is 44.7 Å². The summed E-state index contributed by atoms with van der Waals surface area (Å²) >= 11 is 0. The van der Waals surface area contributed by atoms with Gasteiger partial charge in [0.25, 0.3) is 0 Å². The van der Waals surface area contributed by atoms with Crippen LogP contribution in [0.15, 0.2) is 42.5 Å². The number of aliphatic carboxylic acids is 1. The summed E-state index contributed by atoms with van der Waals surface area (Å²) in [4.78, 5) is 17.2. The molecule has 2 unspecified atom stereocenters. The number of phenols is 1. The summed E-state index contributed by atoms with van der Waals surface area (Å²) in [7, 11) is 1.56. The van der Waals surface area contributed by atoms with Crippen molar-refractivity contribution in [3.05, 3.63) is 48.0 Å². The predicted octanol–water partition coefficient (Wildman–Crippen LogP) is 2.90. The Kier molecular flexibility index (Phi) is 6.91. The number of aromatic hydroxyl groups is 1. The molecule has 1 saturated heterocycles. The van der Waals surface area contributed by atoms with Gasteiger partial charge in [-0.1, -0.05) is 6.07 Å². The monoisotopic (exact) mass is 470 g/mol. The van der Waals surface area contributed by atoms with E-state index in [2.05, 4.69) is 9.80 Å². The highest BCUT2D eigenvalue weighted by molar-refractivity contribution is 5.80. The number of anilines is 1. The molecule has 8 heteroatoms. The fourth-order valence-corrected chi connectivity index (χ4v) is 4.99. The van der Waals surface area contributed by atoms with Crippen molar-refractivity contribution in [1.29, 1.82) is 0 Å². The first-order valence-corrected chi connectivity index (χ1v) is 11.8. The minimum atomic E-state index is -1.74. The van der Waals surface area contributed by atoms with E-state index in [1.54, 1.807) is 32.2 Å². The number of piperazine rings is 1. The van der Waals surface area contributed by atoms with Crippen LogP contribution in [0.1, 0.15) is 31.7 Å². The lowest BCUT2D eigenvalue weighted by atomic mass is 9.77. The Balaban J connectivity index is 1.41. The van der Waals surface area contributed by atoms with Crippen molar-refractivity contribution >= 4 is 11.7 Å². The summed E-state index contributed by atoms with van der Waals surface area (Å²) in [5.74, 6) is 0.158. The second-order valence-electron chi connectivity index (χ2n) is 9.43. The average molecular weight is 471 g/mol. The van der Waals surface area contributed by atoms with E-state index < -0.39 is 17.2 Å². The normalized spacial score (nSPS) is 25.2. The van der Waals surface area contributed by atoms with Crippen LogP contribution in [0.2, 0.25) is 0 Å². The third-order valence-electron chi connectivity index (χ3n) is 7.25. The van der Waals surface area contributed by atoms with Gasteiger partial charge in [0.2, 0.25) is 5.60 Å². The van der Waals surface area contributed by atoms with E-state index in [1.807, 2.05) is 24.3 Å². The number of methoxy groups -OCH3 is 1. The van der Waals surface area contributed by atoms with Crippen molar-refractivity contribution in [3.63, 3.8) is 0 Å². The van der Waals surface area contributed by atoms with Crippen molar-refractivity contribution in [3.8, 4) is 17.2 Å². The molecule has 0 aromatic heterocycles. The van der Waals surface area contributed by atoms with E-state index >= 15 is 0 Å². The fraction of sp³-hybridized carbons (Fsp3) is 0.500. The molecule has 0 aliphatic carbocycles. The lowest BCUT2D eigenvalue weighted by Crippen LogP contribution is -2.61. The molecule has 0 radical (unpaired) electrons. The Morgan fingerprint density at radius 3 is 2.47 bits per heavy atom. The number of carboxylic acid groups (broad SMARTS) is 1. The lowest BCUT2D eigenvalue weighted by Gasteiger charge is -2.41. The molecular formula is C26H34N2O6. The highest BCUT2D eigenvalue weighted by Gasteiger charge is 2.56. The SMILES string of the molecule is COc1ccc2c(c1)OC(CCCN1CCN(c3ccc(O)cc3)CC1)(C(=O)O)C(C)(O)CC2. The summed E-state index contributed by atoms with van der Waals surface area (Å²) in [5.41, 5.74) is -1.31. The van der Waals surface area contributed by atoms with E-state index in [0.29, 0.717) is 30.8 Å². The Bertz CT molecular complexity index is 1000. The maximum absolute atomic E-state index is 12.6. The third-order valence-corrected chi connectivity index (χ3v) is 7.25. The van der Waals surface area contributed by atoms with Crippen molar-refractivity contribution in [1.82, 2.24) is 4.90 Å². The quantitative estimate of drug-likeness (QED) is 0.568. The van der Waals surface area contributed by atoms with Gasteiger partial charge in [-0.05, 0) is 68.6 Å². The van der Waals surface area contributed by atoms with Gasteiger partial charge in [0.05, 0.1) is 7.11 Å². The largest absolute Gasteiger partial charge is 0.508 e. The number of carboxylic acids is 1. The Morgan fingerprint density at radius 1 is 1.12 bits per heavy atom. The number of ether oxygens (including phenoxy) is 2. The van der Waals surface area contributed by atoms with Crippen LogP contribution >= 0.6 is 0 Å². The zero-order valence-corrected chi connectivity index (χ0v) is 19.9. The molecule has 2 aromatic carbocycles. The number of rotatable bonds is 7. The molecule has 184 valence electrons. The molecule has 0 spiro atoms. The van der Waals surface area contributed by atoms with E-state index in [9.17, 15) is 20.1 Å². The van der Waals surface area contributed by atoms with Crippen LogP contribution in [0.3, 0.4) is 0 Å². The summed E-state index contributed by atoms with van der Waals surface area (Å²) in [6.45, 7) is 5.73. The highest BCUT2D eigenvalue weighted by Crippen LogP contribution is 2.42. The molecule has 4 rings (SSSR count). The highest BCUT2D eigenvalue weighted by atomic mass is 16.5. The maximum Gasteiger partial charge on any atom is 0.351 e. The van der Waals surface area contributed by atoms with E-state index in [-0.39, 0.29) is 12.2 Å². The smallest absolute Gasteiger partial charge is 0.351 e. The van der Waals surface area contributed by atoms with Crippen LogP contribution in [0.4, 0.5) is 5.69 Å². The average Bonchev–Trinajstić information content (AvgIpc) is 2.94. The molecule has 2 heterocycles. The topological polar surface area (TPSA) is 103 Å². The molecule has 0 bridgehead atoms. The van der Waals surface area contributed by atoms with Gasteiger partial charge in [-0.15, -0.1) is 0 Å². The van der Waals surface area contributed by atoms with E-state index in [4.69, 9.17) is 9.47 Å². The van der Waals surface area contributed by atoms with Crippen LogP contribution in [-0.4, -0.2) is 77.2 Å². The second-order valence-corrected chi connectivity index (χ2v) is 9.43. The van der Waals surface area contributed by atoms with Crippen LogP contribution < -0.4 is 14.4 Å². The van der Waals surface area contributed by atoms with Gasteiger partial charge < -0.3 is 29.7 Å². The zero-order chi connectivity index (χ0) is 24.3. The fourth-order valence-electron chi connectivity index (χ4n) is 4.99. The molecule has 2 aliphatic rings. The summed E-state index contributed by atoms with van der Waals surface area (Å²) in [6.07, 6.45) is 1.61. The van der Waals surface area contributed by atoms with E-state index in [1.165, 1.54) is 0 Å². The van der Waals surface area contributed by atoms with Gasteiger partial charge in [0.15, 0.2) is 0 Å². The number of aliphatic hydroxyl groups is 1. The molecule has 3 N–H and O–H groups in total. The first-order chi connectivity index (χ1) is 16.2. The number of aryl methyl sites for hydroxylation is 1. The van der Waals surface area contributed by atoms with Crippen molar-refractivity contribution in [2.45, 2.75) is 43.8 Å². The molecule has 2 aliphatic heterocycles. The number of nitrogens with zero attached hydrogens (tertiary/aromatic N) is 2. The van der Waals surface area contributed by atoms with Gasteiger partial charge >= 0.3 is 5.97 Å². The number of benzene rings is 2. The first kappa shape index (κ1) is 24.2. The van der Waals surface area contributed by atoms with Crippen LogP contribution in [0, 0.1) is 0 Å².